The Bertz CT molecular complexity index is 1180. The van der Waals surface area contributed by atoms with E-state index in [9.17, 15) is 17.6 Å². The molecule has 0 bridgehead atoms. The standard InChI is InChI=1S/C21H21FN4O3S2/c1-25(18-11-12-31(28,29)14-18)19(27)13-30-21-24-23-20(15-7-9-16(22)10-8-15)26(21)17-5-3-2-4-6-17/h2-10,18H,11-14H2,1H3. The monoisotopic (exact) mass is 460 g/mol. The van der Waals surface area contributed by atoms with Gasteiger partial charge >= 0.3 is 0 Å². The third-order valence-corrected chi connectivity index (χ3v) is 7.89. The number of sulfone groups is 1. The van der Waals surface area contributed by atoms with Crippen molar-refractivity contribution in [3.63, 3.8) is 0 Å². The summed E-state index contributed by atoms with van der Waals surface area (Å²) in [6.07, 6.45) is 0.462. The molecular formula is C21H21FN4O3S2. The highest BCUT2D eigenvalue weighted by Gasteiger charge is 2.32. The molecule has 3 aromatic rings. The lowest BCUT2D eigenvalue weighted by molar-refractivity contribution is -0.128. The number of rotatable bonds is 6. The molecule has 1 saturated heterocycles. The minimum absolute atomic E-state index is 0.00875. The first kappa shape index (κ1) is 21.5. The van der Waals surface area contributed by atoms with Crippen molar-refractivity contribution in [2.75, 3.05) is 24.3 Å². The van der Waals surface area contributed by atoms with E-state index in [4.69, 9.17) is 0 Å². The number of hydrogen-bond donors (Lipinski definition) is 0. The number of halogens is 1. The molecule has 31 heavy (non-hydrogen) atoms. The molecule has 10 heteroatoms. The van der Waals surface area contributed by atoms with Gasteiger partial charge in [-0.3, -0.25) is 9.36 Å². The van der Waals surface area contributed by atoms with Crippen LogP contribution < -0.4 is 0 Å². The first-order valence-electron chi connectivity index (χ1n) is 9.70. The Labute approximate surface area is 184 Å². The average molecular weight is 461 g/mol. The Balaban J connectivity index is 1.57. The van der Waals surface area contributed by atoms with Crippen LogP contribution in [0.15, 0.2) is 59.8 Å². The molecule has 0 radical (unpaired) electrons. The van der Waals surface area contributed by atoms with Gasteiger partial charge in [-0.05, 0) is 42.8 Å². The van der Waals surface area contributed by atoms with E-state index in [1.54, 1.807) is 19.2 Å². The average Bonchev–Trinajstić information content (AvgIpc) is 3.35. The van der Waals surface area contributed by atoms with Gasteiger partial charge in [-0.1, -0.05) is 30.0 Å². The van der Waals surface area contributed by atoms with Crippen LogP contribution >= 0.6 is 11.8 Å². The SMILES string of the molecule is CN(C(=O)CSc1nnc(-c2ccc(F)cc2)n1-c1ccccc1)C1CCS(=O)(=O)C1. The van der Waals surface area contributed by atoms with E-state index in [2.05, 4.69) is 10.2 Å². The second kappa shape index (κ2) is 8.80. The summed E-state index contributed by atoms with van der Waals surface area (Å²) in [5.74, 6) is 0.253. The van der Waals surface area contributed by atoms with Crippen LogP contribution in [0.4, 0.5) is 4.39 Å². The van der Waals surface area contributed by atoms with Crippen LogP contribution in [0.25, 0.3) is 17.1 Å². The Morgan fingerprint density at radius 1 is 1.16 bits per heavy atom. The molecule has 2 heterocycles. The van der Waals surface area contributed by atoms with E-state index in [1.165, 1.54) is 28.8 Å². The lowest BCUT2D eigenvalue weighted by Gasteiger charge is -2.23. The molecule has 0 aliphatic carbocycles. The van der Waals surface area contributed by atoms with Gasteiger partial charge in [-0.2, -0.15) is 0 Å². The molecule has 4 rings (SSSR count). The minimum atomic E-state index is -3.07. The Hall–Kier alpha value is -2.72. The van der Waals surface area contributed by atoms with Crippen molar-refractivity contribution in [3.05, 3.63) is 60.4 Å². The van der Waals surface area contributed by atoms with Crippen LogP contribution in [0.3, 0.4) is 0 Å². The first-order valence-corrected chi connectivity index (χ1v) is 12.5. The van der Waals surface area contributed by atoms with Crippen molar-refractivity contribution in [1.82, 2.24) is 19.7 Å². The molecule has 1 aliphatic rings. The van der Waals surface area contributed by atoms with Gasteiger partial charge in [0, 0.05) is 24.3 Å². The van der Waals surface area contributed by atoms with E-state index < -0.39 is 9.84 Å². The van der Waals surface area contributed by atoms with Crippen molar-refractivity contribution in [2.24, 2.45) is 0 Å². The summed E-state index contributed by atoms with van der Waals surface area (Å²) < 4.78 is 38.6. The van der Waals surface area contributed by atoms with Gasteiger partial charge in [0.1, 0.15) is 5.82 Å². The lowest BCUT2D eigenvalue weighted by atomic mass is 10.2. The first-order chi connectivity index (χ1) is 14.8. The summed E-state index contributed by atoms with van der Waals surface area (Å²) in [4.78, 5) is 14.2. The van der Waals surface area contributed by atoms with Crippen molar-refractivity contribution >= 4 is 27.5 Å². The molecule has 0 N–H and O–H groups in total. The molecule has 1 fully saturated rings. The number of carbonyl (C=O) groups is 1. The second-order valence-electron chi connectivity index (χ2n) is 7.33. The van der Waals surface area contributed by atoms with Crippen molar-refractivity contribution in [2.45, 2.75) is 17.6 Å². The Kier molecular flexibility index (Phi) is 6.10. The topological polar surface area (TPSA) is 85.2 Å². The quantitative estimate of drug-likeness (QED) is 0.526. The zero-order chi connectivity index (χ0) is 22.0. The fourth-order valence-electron chi connectivity index (χ4n) is 3.47. The predicted molar refractivity (Wildman–Crippen MR) is 117 cm³/mol. The smallest absolute Gasteiger partial charge is 0.233 e. The van der Waals surface area contributed by atoms with Gasteiger partial charge in [0.05, 0.1) is 17.3 Å². The fourth-order valence-corrected chi connectivity index (χ4v) is 6.12. The summed E-state index contributed by atoms with van der Waals surface area (Å²) in [6, 6.07) is 15.2. The van der Waals surface area contributed by atoms with E-state index in [-0.39, 0.29) is 35.0 Å². The van der Waals surface area contributed by atoms with Crippen LogP contribution in [0.5, 0.6) is 0 Å². The maximum Gasteiger partial charge on any atom is 0.233 e. The molecule has 2 aromatic carbocycles. The molecule has 7 nitrogen and oxygen atoms in total. The van der Waals surface area contributed by atoms with E-state index >= 15 is 0 Å². The Morgan fingerprint density at radius 2 is 1.87 bits per heavy atom. The number of benzene rings is 2. The number of para-hydroxylation sites is 1. The summed E-state index contributed by atoms with van der Waals surface area (Å²) in [5, 5.41) is 9.06. The molecule has 1 atom stereocenters. The molecule has 0 saturated carbocycles. The van der Waals surface area contributed by atoms with Crippen LogP contribution in [-0.4, -0.2) is 64.3 Å². The zero-order valence-corrected chi connectivity index (χ0v) is 18.4. The molecule has 1 unspecified atom stereocenters. The van der Waals surface area contributed by atoms with Crippen molar-refractivity contribution in [3.8, 4) is 17.1 Å². The van der Waals surface area contributed by atoms with E-state index in [0.717, 1.165) is 5.69 Å². The van der Waals surface area contributed by atoms with Gasteiger partial charge in [0.15, 0.2) is 20.8 Å². The van der Waals surface area contributed by atoms with Crippen LogP contribution in [-0.2, 0) is 14.6 Å². The van der Waals surface area contributed by atoms with Crippen LogP contribution in [0.1, 0.15) is 6.42 Å². The lowest BCUT2D eigenvalue weighted by Crippen LogP contribution is -2.38. The molecule has 1 aromatic heterocycles. The molecule has 162 valence electrons. The van der Waals surface area contributed by atoms with E-state index in [1.807, 2.05) is 34.9 Å². The zero-order valence-electron chi connectivity index (χ0n) is 16.8. The fraction of sp³-hybridized carbons (Fsp3) is 0.286. The summed E-state index contributed by atoms with van der Waals surface area (Å²) in [5.41, 5.74) is 1.52. The number of hydrogen-bond acceptors (Lipinski definition) is 6. The summed E-state index contributed by atoms with van der Waals surface area (Å²) in [6.45, 7) is 0. The third kappa shape index (κ3) is 4.80. The highest BCUT2D eigenvalue weighted by atomic mass is 32.2. The van der Waals surface area contributed by atoms with Crippen molar-refractivity contribution in [1.29, 1.82) is 0 Å². The normalized spacial score (nSPS) is 17.5. The number of nitrogens with zero attached hydrogens (tertiary/aromatic N) is 4. The second-order valence-corrected chi connectivity index (χ2v) is 10.5. The summed E-state index contributed by atoms with van der Waals surface area (Å²) in [7, 11) is -1.43. The molecule has 1 aliphatic heterocycles. The Morgan fingerprint density at radius 3 is 2.52 bits per heavy atom. The highest BCUT2D eigenvalue weighted by Crippen LogP contribution is 2.28. The largest absolute Gasteiger partial charge is 0.341 e. The molecular weight excluding hydrogens is 439 g/mol. The van der Waals surface area contributed by atoms with E-state index in [0.29, 0.717) is 23.0 Å². The predicted octanol–water partition coefficient (Wildman–Crippen LogP) is 2.81. The number of thioether (sulfide) groups is 1. The van der Waals surface area contributed by atoms with Gasteiger partial charge in [0.25, 0.3) is 0 Å². The minimum Gasteiger partial charge on any atom is -0.341 e. The number of amides is 1. The third-order valence-electron chi connectivity index (χ3n) is 5.22. The van der Waals surface area contributed by atoms with Gasteiger partial charge in [-0.15, -0.1) is 10.2 Å². The van der Waals surface area contributed by atoms with Crippen LogP contribution in [0, 0.1) is 5.82 Å². The maximum absolute atomic E-state index is 13.4. The van der Waals surface area contributed by atoms with Gasteiger partial charge in [0.2, 0.25) is 5.91 Å². The maximum atomic E-state index is 13.4. The molecule has 1 amide bonds. The summed E-state index contributed by atoms with van der Waals surface area (Å²) >= 11 is 1.23. The van der Waals surface area contributed by atoms with Gasteiger partial charge < -0.3 is 4.90 Å². The van der Waals surface area contributed by atoms with Crippen molar-refractivity contribution < 1.29 is 17.6 Å². The number of aromatic nitrogens is 3. The highest BCUT2D eigenvalue weighted by molar-refractivity contribution is 7.99. The van der Waals surface area contributed by atoms with Crippen LogP contribution in [0.2, 0.25) is 0 Å². The number of carbonyl (C=O) groups excluding carboxylic acids is 1. The van der Waals surface area contributed by atoms with Gasteiger partial charge in [-0.25, -0.2) is 12.8 Å². The molecule has 0 spiro atoms.